The number of esters is 1. The fourth-order valence-corrected chi connectivity index (χ4v) is 4.91. The molecule has 10 nitrogen and oxygen atoms in total. The normalized spacial score (nSPS) is 21.2. The molecule has 0 bridgehead atoms. The molecule has 1 spiro atoms. The first-order valence-electron chi connectivity index (χ1n) is 11.6. The van der Waals surface area contributed by atoms with Crippen molar-refractivity contribution in [2.24, 2.45) is 0 Å². The summed E-state index contributed by atoms with van der Waals surface area (Å²) in [5.41, 5.74) is -0.916. The number of fused-ring (bicyclic) bond motifs is 1. The van der Waals surface area contributed by atoms with Gasteiger partial charge in [-0.2, -0.15) is 0 Å². The number of rotatable bonds is 6. The van der Waals surface area contributed by atoms with Crippen LogP contribution in [0, 0.1) is 0 Å². The lowest BCUT2D eigenvalue weighted by molar-refractivity contribution is -0.154. The van der Waals surface area contributed by atoms with E-state index in [1.807, 2.05) is 0 Å². The first-order chi connectivity index (χ1) is 16.1. The summed E-state index contributed by atoms with van der Waals surface area (Å²) >= 11 is 0. The van der Waals surface area contributed by atoms with Crippen LogP contribution in [0.25, 0.3) is 0 Å². The number of benzene rings is 1. The van der Waals surface area contributed by atoms with Crippen LogP contribution in [0.3, 0.4) is 0 Å². The second-order valence-electron chi connectivity index (χ2n) is 9.62. The molecular formula is C24H30N4O6. The smallest absolute Gasteiger partial charge is 0.325 e. The Morgan fingerprint density at radius 2 is 1.79 bits per heavy atom. The maximum absolute atomic E-state index is 13.2. The molecule has 2 heterocycles. The Labute approximate surface area is 198 Å². The number of imide groups is 1. The quantitative estimate of drug-likeness (QED) is 0.486. The number of anilines is 2. The van der Waals surface area contributed by atoms with Crippen LogP contribution in [0.15, 0.2) is 24.3 Å². The molecule has 0 unspecified atom stereocenters. The lowest BCUT2D eigenvalue weighted by Gasteiger charge is -2.42. The maximum atomic E-state index is 13.2. The first kappa shape index (κ1) is 23.7. The number of urea groups is 1. The zero-order chi connectivity index (χ0) is 24.7. The van der Waals surface area contributed by atoms with E-state index in [2.05, 4.69) is 10.6 Å². The number of para-hydroxylation sites is 2. The zero-order valence-electron chi connectivity index (χ0n) is 19.7. The van der Waals surface area contributed by atoms with Gasteiger partial charge in [0, 0.05) is 13.0 Å². The third-order valence-corrected chi connectivity index (χ3v) is 6.85. The largest absolute Gasteiger partial charge is 0.453 e. The van der Waals surface area contributed by atoms with Crippen molar-refractivity contribution in [3.63, 3.8) is 0 Å². The highest BCUT2D eigenvalue weighted by atomic mass is 16.5. The van der Waals surface area contributed by atoms with Gasteiger partial charge in [-0.3, -0.25) is 29.0 Å². The molecule has 0 radical (unpaired) electrons. The Morgan fingerprint density at radius 3 is 2.50 bits per heavy atom. The number of nitrogens with one attached hydrogen (secondary N) is 2. The molecule has 1 saturated carbocycles. The van der Waals surface area contributed by atoms with Gasteiger partial charge in [0.2, 0.25) is 5.91 Å². The van der Waals surface area contributed by atoms with Gasteiger partial charge in [-0.05, 0) is 52.2 Å². The summed E-state index contributed by atoms with van der Waals surface area (Å²) < 4.78 is 5.35. The van der Waals surface area contributed by atoms with Crippen molar-refractivity contribution in [2.75, 3.05) is 16.8 Å². The SMILES string of the molecule is C[C@@H](OC(=O)CCCN1C(=O)NC2(CCCC2)C1=O)C(=O)N1c2ccccc2NC(=O)C1(C)C. The molecule has 5 amide bonds. The Kier molecular flexibility index (Phi) is 6.09. The Hall–Kier alpha value is -3.43. The number of carbonyl (C=O) groups is 5. The minimum absolute atomic E-state index is 0.0534. The van der Waals surface area contributed by atoms with Crippen molar-refractivity contribution in [1.29, 1.82) is 0 Å². The zero-order valence-corrected chi connectivity index (χ0v) is 19.7. The minimum Gasteiger partial charge on any atom is -0.453 e. The van der Waals surface area contributed by atoms with Crippen molar-refractivity contribution in [1.82, 2.24) is 10.2 Å². The molecule has 2 aliphatic heterocycles. The topological polar surface area (TPSA) is 125 Å². The van der Waals surface area contributed by atoms with E-state index in [0.717, 1.165) is 12.8 Å². The van der Waals surface area contributed by atoms with Gasteiger partial charge in [-0.25, -0.2) is 4.79 Å². The number of carbonyl (C=O) groups excluding carboxylic acids is 5. The van der Waals surface area contributed by atoms with Gasteiger partial charge in [-0.15, -0.1) is 0 Å². The van der Waals surface area contributed by atoms with Crippen molar-refractivity contribution in [3.8, 4) is 0 Å². The third-order valence-electron chi connectivity index (χ3n) is 6.85. The van der Waals surface area contributed by atoms with Crippen molar-refractivity contribution in [3.05, 3.63) is 24.3 Å². The van der Waals surface area contributed by atoms with E-state index < -0.39 is 35.1 Å². The van der Waals surface area contributed by atoms with Crippen molar-refractivity contribution < 1.29 is 28.7 Å². The molecule has 1 aromatic carbocycles. The molecule has 4 rings (SSSR count). The highest BCUT2D eigenvalue weighted by Gasteiger charge is 2.52. The van der Waals surface area contributed by atoms with Crippen LogP contribution in [-0.2, 0) is 23.9 Å². The molecule has 10 heteroatoms. The number of nitrogens with zero attached hydrogens (tertiary/aromatic N) is 2. The van der Waals surface area contributed by atoms with Crippen LogP contribution in [0.5, 0.6) is 0 Å². The molecule has 34 heavy (non-hydrogen) atoms. The van der Waals surface area contributed by atoms with E-state index in [-0.39, 0.29) is 31.2 Å². The van der Waals surface area contributed by atoms with Gasteiger partial charge in [0.15, 0.2) is 6.10 Å². The lowest BCUT2D eigenvalue weighted by atomic mass is 9.95. The summed E-state index contributed by atoms with van der Waals surface area (Å²) in [5.74, 6) is -1.70. The molecule has 1 aromatic rings. The van der Waals surface area contributed by atoms with E-state index in [4.69, 9.17) is 4.74 Å². The molecule has 0 aromatic heterocycles. The fourth-order valence-electron chi connectivity index (χ4n) is 4.91. The van der Waals surface area contributed by atoms with Gasteiger partial charge in [0.1, 0.15) is 11.1 Å². The van der Waals surface area contributed by atoms with Gasteiger partial charge in [0.25, 0.3) is 11.8 Å². The summed E-state index contributed by atoms with van der Waals surface area (Å²) in [6.45, 7) is 4.82. The second-order valence-corrected chi connectivity index (χ2v) is 9.62. The summed E-state index contributed by atoms with van der Waals surface area (Å²) in [7, 11) is 0. The summed E-state index contributed by atoms with van der Waals surface area (Å²) in [4.78, 5) is 65.7. The van der Waals surface area contributed by atoms with Crippen LogP contribution in [0.2, 0.25) is 0 Å². The Morgan fingerprint density at radius 1 is 1.12 bits per heavy atom. The van der Waals surface area contributed by atoms with E-state index in [9.17, 15) is 24.0 Å². The van der Waals surface area contributed by atoms with Crippen LogP contribution in [0.1, 0.15) is 59.3 Å². The number of hydrogen-bond acceptors (Lipinski definition) is 6. The summed E-state index contributed by atoms with van der Waals surface area (Å²) in [6.07, 6.45) is 2.14. The average Bonchev–Trinajstić information content (AvgIpc) is 3.34. The van der Waals surface area contributed by atoms with Crippen LogP contribution in [0.4, 0.5) is 16.2 Å². The van der Waals surface area contributed by atoms with Crippen molar-refractivity contribution >= 4 is 41.1 Å². The molecule has 1 aliphatic carbocycles. The molecular weight excluding hydrogens is 440 g/mol. The van der Waals surface area contributed by atoms with Gasteiger partial charge < -0.3 is 15.4 Å². The average molecular weight is 471 g/mol. The predicted octanol–water partition coefficient (Wildman–Crippen LogP) is 2.33. The number of ether oxygens (including phenoxy) is 1. The summed E-state index contributed by atoms with van der Waals surface area (Å²) in [5, 5.41) is 5.60. The maximum Gasteiger partial charge on any atom is 0.325 e. The first-order valence-corrected chi connectivity index (χ1v) is 11.6. The highest BCUT2D eigenvalue weighted by molar-refractivity contribution is 6.15. The van der Waals surface area contributed by atoms with E-state index in [1.165, 1.54) is 16.7 Å². The Balaban J connectivity index is 1.34. The number of hydrogen-bond donors (Lipinski definition) is 2. The third kappa shape index (κ3) is 4.01. The van der Waals surface area contributed by atoms with Crippen LogP contribution >= 0.6 is 0 Å². The van der Waals surface area contributed by atoms with E-state index in [0.29, 0.717) is 24.2 Å². The monoisotopic (exact) mass is 470 g/mol. The standard InChI is InChI=1S/C24H30N4O6/c1-15(19(30)28-17-10-5-4-9-16(17)25-20(31)23(28,2)3)34-18(29)11-8-14-27-21(32)24(26-22(27)33)12-6-7-13-24/h4-5,9-10,15H,6-8,11-14H2,1-3H3,(H,25,31)(H,26,33)/t15-/m1/s1. The molecule has 2 fully saturated rings. The fraction of sp³-hybridized carbons (Fsp3) is 0.542. The highest BCUT2D eigenvalue weighted by Crippen LogP contribution is 2.37. The van der Waals surface area contributed by atoms with Gasteiger partial charge in [-0.1, -0.05) is 25.0 Å². The van der Waals surface area contributed by atoms with Crippen LogP contribution in [-0.4, -0.2) is 58.3 Å². The minimum atomic E-state index is -1.17. The second kappa shape index (κ2) is 8.73. The van der Waals surface area contributed by atoms with Gasteiger partial charge in [0.05, 0.1) is 11.4 Å². The summed E-state index contributed by atoms with van der Waals surface area (Å²) in [6, 6.07) is 6.51. The molecule has 1 atom stereocenters. The number of amides is 5. The molecule has 182 valence electrons. The predicted molar refractivity (Wildman–Crippen MR) is 123 cm³/mol. The molecule has 3 aliphatic rings. The van der Waals surface area contributed by atoms with Crippen LogP contribution < -0.4 is 15.5 Å². The van der Waals surface area contributed by atoms with E-state index >= 15 is 0 Å². The molecule has 1 saturated heterocycles. The van der Waals surface area contributed by atoms with Gasteiger partial charge >= 0.3 is 12.0 Å². The van der Waals surface area contributed by atoms with E-state index in [1.54, 1.807) is 38.1 Å². The lowest BCUT2D eigenvalue weighted by Crippen LogP contribution is -2.60. The van der Waals surface area contributed by atoms with Crippen molar-refractivity contribution in [2.45, 2.75) is 76.5 Å². The Bertz CT molecular complexity index is 1050. The molecule has 2 N–H and O–H groups in total.